The van der Waals surface area contributed by atoms with Crippen LogP contribution in [-0.4, -0.2) is 46.1 Å². The average molecular weight is 204 g/mol. The predicted molar refractivity (Wildman–Crippen MR) is 55.7 cm³/mol. The summed E-state index contributed by atoms with van der Waals surface area (Å²) in [6, 6.07) is 6.24. The van der Waals surface area contributed by atoms with Gasteiger partial charge in [-0.3, -0.25) is 0 Å². The van der Waals surface area contributed by atoms with Gasteiger partial charge in [-0.15, -0.1) is 0 Å². The Morgan fingerprint density at radius 2 is 2.00 bits per heavy atom. The Hall–Kier alpha value is -0.510. The fraction of sp³-hybridized carbons (Fsp3) is 0.300. The number of hydrogen-bond acceptors (Lipinski definition) is 3. The molecular formula is C10H13NaO3. The molecule has 1 N–H and O–H groups in total. The summed E-state index contributed by atoms with van der Waals surface area (Å²) in [6.07, 6.45) is 0. The first kappa shape index (κ1) is 13.5. The Bertz CT molecular complexity index is 286. The summed E-state index contributed by atoms with van der Waals surface area (Å²) >= 11 is 1.37. The van der Waals surface area contributed by atoms with Gasteiger partial charge in [-0.2, -0.15) is 0 Å². The maximum atomic E-state index is 10.9. The third-order valence-electron chi connectivity index (χ3n) is 1.31. The Morgan fingerprint density at radius 1 is 1.50 bits per heavy atom. The number of phenolic OH excluding ortho intramolecular Hbond substituents is 1. The molecule has 0 amide bonds. The summed E-state index contributed by atoms with van der Waals surface area (Å²) in [6.45, 7) is 2.19. The van der Waals surface area contributed by atoms with Gasteiger partial charge in [-0.25, -0.2) is 4.79 Å². The normalized spacial score (nSPS) is 8.57. The summed E-state index contributed by atoms with van der Waals surface area (Å²) in [7, 11) is 1.27. The minimum absolute atomic E-state index is 0.0562. The number of benzene rings is 1. The molecule has 0 heterocycles. The molecule has 0 radical (unpaired) electrons. The van der Waals surface area contributed by atoms with Crippen molar-refractivity contribution in [1.29, 1.82) is 0 Å². The van der Waals surface area contributed by atoms with Crippen molar-refractivity contribution in [1.82, 2.24) is 0 Å². The third-order valence-corrected chi connectivity index (χ3v) is 1.31. The van der Waals surface area contributed by atoms with Crippen molar-refractivity contribution in [3.8, 4) is 5.75 Å². The third kappa shape index (κ3) is 4.65. The van der Waals surface area contributed by atoms with E-state index in [1.807, 2.05) is 0 Å². The predicted octanol–water partition coefficient (Wildman–Crippen LogP) is 1.77. The van der Waals surface area contributed by atoms with E-state index in [4.69, 9.17) is 5.11 Å². The molecule has 0 bridgehead atoms. The van der Waals surface area contributed by atoms with Gasteiger partial charge < -0.3 is 9.84 Å². The van der Waals surface area contributed by atoms with Crippen LogP contribution in [0.1, 0.15) is 17.3 Å². The first-order chi connectivity index (χ1) is 6.67. The second-order valence-corrected chi connectivity index (χ2v) is 4.13. The summed E-state index contributed by atoms with van der Waals surface area (Å²) in [4.78, 5) is 10.9. The van der Waals surface area contributed by atoms with E-state index >= 15 is 0 Å². The molecule has 0 aliphatic heterocycles. The van der Waals surface area contributed by atoms with Gasteiger partial charge in [-0.1, -0.05) is 12.1 Å². The van der Waals surface area contributed by atoms with Crippen molar-refractivity contribution in [2.45, 2.75) is 10.6 Å². The topological polar surface area (TPSA) is 46.5 Å². The number of hydrogen-bond donors (Lipinski definition) is 1. The molecule has 14 heavy (non-hydrogen) atoms. The number of carbonyl (C=O) groups is 1. The quantitative estimate of drug-likeness (QED) is 0.560. The van der Waals surface area contributed by atoms with Gasteiger partial charge in [0.2, 0.25) is 0 Å². The van der Waals surface area contributed by atoms with Crippen molar-refractivity contribution in [2.75, 3.05) is 7.11 Å². The molecule has 0 unspecified atom stereocenters. The van der Waals surface area contributed by atoms with Crippen molar-refractivity contribution < 1.29 is 14.6 Å². The zero-order valence-electron chi connectivity index (χ0n) is 8.78. The molecule has 4 heteroatoms. The van der Waals surface area contributed by atoms with Gasteiger partial charge in [0.25, 0.3) is 0 Å². The molecule has 0 aliphatic carbocycles. The number of phenols is 1. The molecule has 1 rings (SSSR count). The van der Waals surface area contributed by atoms with Crippen molar-refractivity contribution in [3.05, 3.63) is 29.8 Å². The van der Waals surface area contributed by atoms with Crippen LogP contribution in [0.3, 0.4) is 0 Å². The van der Waals surface area contributed by atoms with Gasteiger partial charge >= 0.3 is 44.5 Å². The van der Waals surface area contributed by atoms with E-state index in [0.717, 1.165) is 0 Å². The Morgan fingerprint density at radius 3 is 2.43 bits per heavy atom. The Labute approximate surface area is 101 Å². The van der Waals surface area contributed by atoms with Crippen molar-refractivity contribution >= 4 is 33.9 Å². The number of esters is 1. The number of carbonyl (C=O) groups excluding carboxylic acids is 1. The average Bonchev–Trinajstić information content (AvgIpc) is 2.19. The number of para-hydroxylation sites is 1. The first-order valence-corrected chi connectivity index (χ1v) is 5.95. The van der Waals surface area contributed by atoms with Crippen LogP contribution in [0.5, 0.6) is 5.75 Å². The molecule has 0 aliphatic rings. The van der Waals surface area contributed by atoms with Crippen LogP contribution in [0.2, 0.25) is 3.67 Å². The zero-order valence-corrected chi connectivity index (χ0v) is 10.8. The van der Waals surface area contributed by atoms with Crippen LogP contribution in [0.4, 0.5) is 0 Å². The van der Waals surface area contributed by atoms with E-state index in [1.165, 1.54) is 50.8 Å². The van der Waals surface area contributed by atoms with Gasteiger partial charge in [-0.05, 0) is 12.1 Å². The molecule has 1 aromatic carbocycles. The van der Waals surface area contributed by atoms with E-state index in [9.17, 15) is 4.79 Å². The second-order valence-electron chi connectivity index (χ2n) is 2.72. The maximum absolute atomic E-state index is 10.9. The van der Waals surface area contributed by atoms with Crippen molar-refractivity contribution in [2.24, 2.45) is 0 Å². The van der Waals surface area contributed by atoms with Gasteiger partial charge in [0.15, 0.2) is 0 Å². The molecule has 0 saturated carbocycles. The Balaban J connectivity index is 0.000000500. The summed E-state index contributed by atoms with van der Waals surface area (Å²) in [5.74, 6) is -0.581. The first-order valence-electron chi connectivity index (χ1n) is 4.53. The molecule has 0 saturated heterocycles. The van der Waals surface area contributed by atoms with Gasteiger partial charge in [0.05, 0.1) is 7.11 Å². The van der Waals surface area contributed by atoms with E-state index < -0.39 is 5.97 Å². The monoisotopic (exact) mass is 204 g/mol. The molecule has 0 fully saturated rings. The van der Waals surface area contributed by atoms with E-state index in [1.54, 1.807) is 12.1 Å². The SMILES string of the molecule is COC(=O)c1ccccc1O.C[CH2][Na]. The number of aromatic hydroxyl groups is 1. The van der Waals surface area contributed by atoms with Crippen LogP contribution >= 0.6 is 0 Å². The molecule has 0 atom stereocenters. The van der Waals surface area contributed by atoms with Crippen LogP contribution in [-0.2, 0) is 4.74 Å². The molecule has 0 aromatic heterocycles. The van der Waals surface area contributed by atoms with Crippen LogP contribution < -0.4 is 0 Å². The number of ether oxygens (including phenoxy) is 1. The molecule has 72 valence electrons. The summed E-state index contributed by atoms with van der Waals surface area (Å²) in [5.41, 5.74) is 0.190. The minimum atomic E-state index is -0.525. The Kier molecular flexibility index (Phi) is 7.57. The second kappa shape index (κ2) is 7.85. The van der Waals surface area contributed by atoms with Crippen LogP contribution in [0, 0.1) is 0 Å². The number of rotatable bonds is 1. The number of methoxy groups -OCH3 is 1. The molecule has 3 nitrogen and oxygen atoms in total. The van der Waals surface area contributed by atoms with Crippen LogP contribution in [0.15, 0.2) is 24.3 Å². The molecule has 0 spiro atoms. The summed E-state index contributed by atoms with van der Waals surface area (Å²) < 4.78 is 5.81. The standard InChI is InChI=1S/C8H8O3.C2H5.Na/c1-11-8(10)6-4-2-3-5-7(6)9;1-2;/h2-5,9H,1H3;1H2,2H3;. The summed E-state index contributed by atoms with van der Waals surface area (Å²) in [5, 5.41) is 9.11. The molecule has 1 aromatic rings. The van der Waals surface area contributed by atoms with E-state index in [-0.39, 0.29) is 11.3 Å². The van der Waals surface area contributed by atoms with Crippen molar-refractivity contribution in [3.63, 3.8) is 0 Å². The van der Waals surface area contributed by atoms with Gasteiger partial charge in [0.1, 0.15) is 11.3 Å². The van der Waals surface area contributed by atoms with E-state index in [0.29, 0.717) is 0 Å². The fourth-order valence-corrected chi connectivity index (χ4v) is 0.756. The van der Waals surface area contributed by atoms with E-state index in [2.05, 4.69) is 11.7 Å². The van der Waals surface area contributed by atoms with Crippen LogP contribution in [0.25, 0.3) is 0 Å². The zero-order chi connectivity index (χ0) is 11.0. The fourth-order valence-electron chi connectivity index (χ4n) is 0.756. The van der Waals surface area contributed by atoms with Gasteiger partial charge in [0, 0.05) is 0 Å². The molecular weight excluding hydrogens is 191 g/mol.